The van der Waals surface area contributed by atoms with Gasteiger partial charge in [-0.3, -0.25) is 19.4 Å². The van der Waals surface area contributed by atoms with Crippen LogP contribution in [0.25, 0.3) is 0 Å². The maximum absolute atomic E-state index is 13.3. The summed E-state index contributed by atoms with van der Waals surface area (Å²) in [5.41, 5.74) is 1.01. The van der Waals surface area contributed by atoms with E-state index in [1.54, 1.807) is 22.0 Å². The van der Waals surface area contributed by atoms with E-state index < -0.39 is 12.2 Å². The van der Waals surface area contributed by atoms with Gasteiger partial charge in [0.2, 0.25) is 18.2 Å². The van der Waals surface area contributed by atoms with Crippen molar-refractivity contribution in [2.45, 2.75) is 51.2 Å². The van der Waals surface area contributed by atoms with Gasteiger partial charge in [0.1, 0.15) is 12.2 Å². The second kappa shape index (κ2) is 9.19. The zero-order chi connectivity index (χ0) is 20.1. The minimum Gasteiger partial charge on any atom is -0.337 e. The second-order valence-corrected chi connectivity index (χ2v) is 7.63. The van der Waals surface area contributed by atoms with Crippen LogP contribution in [-0.4, -0.2) is 76.9 Å². The van der Waals surface area contributed by atoms with Gasteiger partial charge < -0.3 is 9.80 Å². The summed E-state index contributed by atoms with van der Waals surface area (Å²) < 4.78 is 0. The predicted molar refractivity (Wildman–Crippen MR) is 106 cm³/mol. The van der Waals surface area contributed by atoms with Crippen molar-refractivity contribution < 1.29 is 14.4 Å². The lowest BCUT2D eigenvalue weighted by molar-refractivity contribution is -0.196. The maximum Gasteiger partial charge on any atom is 0.245 e. The highest BCUT2D eigenvalue weighted by molar-refractivity contribution is 5.91. The van der Waals surface area contributed by atoms with Gasteiger partial charge in [0.05, 0.1) is 13.1 Å². The van der Waals surface area contributed by atoms with E-state index in [-0.39, 0.29) is 18.4 Å². The Balaban J connectivity index is 1.85. The number of carbonyl (C=O) groups is 3. The summed E-state index contributed by atoms with van der Waals surface area (Å²) in [5, 5.41) is 3.19. The molecule has 2 fully saturated rings. The Labute approximate surface area is 166 Å². The van der Waals surface area contributed by atoms with E-state index in [0.29, 0.717) is 19.5 Å². The molecule has 0 saturated carbocycles. The van der Waals surface area contributed by atoms with E-state index in [1.165, 1.54) is 0 Å². The Bertz CT molecular complexity index is 696. The Morgan fingerprint density at radius 2 is 1.86 bits per heavy atom. The van der Waals surface area contributed by atoms with Gasteiger partial charge in [-0.2, -0.15) is 0 Å². The first-order valence-electron chi connectivity index (χ1n) is 10.1. The number of carbonyl (C=O) groups excluding carboxylic acids is 3. The summed E-state index contributed by atoms with van der Waals surface area (Å²) in [7, 11) is 1.73. The molecule has 7 nitrogen and oxygen atoms in total. The van der Waals surface area contributed by atoms with Crippen LogP contribution in [0.4, 0.5) is 0 Å². The van der Waals surface area contributed by atoms with Gasteiger partial charge >= 0.3 is 0 Å². The average Bonchev–Trinajstić information content (AvgIpc) is 2.69. The molecule has 0 aliphatic carbocycles. The lowest BCUT2D eigenvalue weighted by atomic mass is 9.98. The molecule has 1 aromatic carbocycles. The molecule has 3 rings (SSSR count). The highest BCUT2D eigenvalue weighted by atomic mass is 16.2. The largest absolute Gasteiger partial charge is 0.337 e. The number of rotatable bonds is 8. The van der Waals surface area contributed by atoms with Gasteiger partial charge in [-0.15, -0.1) is 0 Å². The smallest absolute Gasteiger partial charge is 0.245 e. The number of amides is 3. The summed E-state index contributed by atoms with van der Waals surface area (Å²) in [6.45, 7) is 3.29. The lowest BCUT2D eigenvalue weighted by Crippen LogP contribution is -2.74. The number of nitrogens with zero attached hydrogens (tertiary/aromatic N) is 4. The van der Waals surface area contributed by atoms with Gasteiger partial charge in [0.15, 0.2) is 0 Å². The van der Waals surface area contributed by atoms with Gasteiger partial charge in [-0.25, -0.2) is 5.01 Å². The van der Waals surface area contributed by atoms with Crippen LogP contribution in [0.5, 0.6) is 0 Å². The third-order valence-corrected chi connectivity index (χ3v) is 5.65. The number of likely N-dealkylation sites (N-methyl/N-ethyl adjacent to an activating group) is 1. The van der Waals surface area contributed by atoms with Crippen molar-refractivity contribution in [1.29, 1.82) is 0 Å². The Morgan fingerprint density at radius 1 is 1.11 bits per heavy atom. The molecular formula is C21H30N4O3. The fourth-order valence-corrected chi connectivity index (χ4v) is 4.15. The first-order chi connectivity index (χ1) is 13.6. The molecule has 0 radical (unpaired) electrons. The molecule has 0 spiro atoms. The molecule has 2 aliphatic heterocycles. The van der Waals surface area contributed by atoms with Crippen LogP contribution in [0.3, 0.4) is 0 Å². The summed E-state index contributed by atoms with van der Waals surface area (Å²) >= 11 is 0. The van der Waals surface area contributed by atoms with E-state index in [2.05, 4.69) is 6.92 Å². The van der Waals surface area contributed by atoms with Crippen LogP contribution in [0, 0.1) is 0 Å². The SMILES string of the molecule is CCCCCCN1CC2N(C(=O)CN(C)N2C=O)[C@@H](Cc2ccccc2)C1=O. The highest BCUT2D eigenvalue weighted by Gasteiger charge is 2.48. The molecule has 0 bridgehead atoms. The summed E-state index contributed by atoms with van der Waals surface area (Å²) in [5.74, 6) is -0.120. The Kier molecular flexibility index (Phi) is 6.67. The molecule has 152 valence electrons. The lowest BCUT2D eigenvalue weighted by Gasteiger charge is -2.53. The standard InChI is InChI=1S/C21H30N4O3/c1-3-4-5-9-12-23-14-19-24(16-26)22(2)15-20(27)25(19)18(21(23)28)13-17-10-7-6-8-11-17/h6-8,10-11,16,18-19H,3-5,9,12-15H2,1-2H3/t18-,19?/m0/s1. The quantitative estimate of drug-likeness (QED) is 0.502. The summed E-state index contributed by atoms with van der Waals surface area (Å²) in [4.78, 5) is 41.3. The summed E-state index contributed by atoms with van der Waals surface area (Å²) in [6, 6.07) is 9.18. The first-order valence-corrected chi connectivity index (χ1v) is 10.1. The van der Waals surface area contributed by atoms with Crippen LogP contribution in [0.1, 0.15) is 38.2 Å². The number of hydrazine groups is 1. The van der Waals surface area contributed by atoms with Crippen molar-refractivity contribution in [2.24, 2.45) is 0 Å². The molecular weight excluding hydrogens is 356 g/mol. The van der Waals surface area contributed by atoms with Crippen molar-refractivity contribution in [3.63, 3.8) is 0 Å². The Hall–Kier alpha value is -2.41. The normalized spacial score (nSPS) is 23.1. The van der Waals surface area contributed by atoms with Crippen molar-refractivity contribution in [2.75, 3.05) is 26.7 Å². The number of fused-ring (bicyclic) bond motifs is 1. The molecule has 3 amide bonds. The van der Waals surface area contributed by atoms with E-state index in [0.717, 1.165) is 37.7 Å². The second-order valence-electron chi connectivity index (χ2n) is 7.63. The third-order valence-electron chi connectivity index (χ3n) is 5.65. The topological polar surface area (TPSA) is 64.2 Å². The number of unbranched alkanes of at least 4 members (excludes halogenated alkanes) is 3. The molecule has 0 N–H and O–H groups in total. The molecule has 1 aromatic rings. The van der Waals surface area contributed by atoms with E-state index in [1.807, 2.05) is 35.2 Å². The minimum atomic E-state index is -0.573. The molecule has 28 heavy (non-hydrogen) atoms. The molecule has 2 saturated heterocycles. The van der Waals surface area contributed by atoms with Crippen LogP contribution in [0.15, 0.2) is 30.3 Å². The predicted octanol–water partition coefficient (Wildman–Crippen LogP) is 1.49. The molecule has 0 aromatic heterocycles. The minimum absolute atomic E-state index is 0.0136. The fourth-order valence-electron chi connectivity index (χ4n) is 4.15. The van der Waals surface area contributed by atoms with Gasteiger partial charge in [-0.05, 0) is 12.0 Å². The third kappa shape index (κ3) is 4.19. The van der Waals surface area contributed by atoms with Gasteiger partial charge in [-0.1, -0.05) is 56.5 Å². The molecule has 7 heteroatoms. The highest BCUT2D eigenvalue weighted by Crippen LogP contribution is 2.27. The average molecular weight is 386 g/mol. The van der Waals surface area contributed by atoms with Gasteiger partial charge in [0, 0.05) is 20.0 Å². The zero-order valence-corrected chi connectivity index (χ0v) is 16.8. The number of piperazine rings is 1. The van der Waals surface area contributed by atoms with Crippen molar-refractivity contribution in [3.05, 3.63) is 35.9 Å². The van der Waals surface area contributed by atoms with Crippen LogP contribution in [0.2, 0.25) is 0 Å². The molecule has 1 unspecified atom stereocenters. The van der Waals surface area contributed by atoms with Crippen LogP contribution >= 0.6 is 0 Å². The first kappa shape index (κ1) is 20.3. The summed E-state index contributed by atoms with van der Waals surface area (Å²) in [6.07, 6.45) is 5.08. The van der Waals surface area contributed by atoms with Crippen LogP contribution in [-0.2, 0) is 20.8 Å². The number of hydrogen-bond acceptors (Lipinski definition) is 4. The molecule has 2 aliphatic rings. The molecule has 2 atom stereocenters. The maximum atomic E-state index is 13.3. The number of benzene rings is 1. The fraction of sp³-hybridized carbons (Fsp3) is 0.571. The zero-order valence-electron chi connectivity index (χ0n) is 16.8. The van der Waals surface area contributed by atoms with E-state index >= 15 is 0 Å². The molecule has 2 heterocycles. The monoisotopic (exact) mass is 386 g/mol. The van der Waals surface area contributed by atoms with Crippen molar-refractivity contribution in [3.8, 4) is 0 Å². The van der Waals surface area contributed by atoms with Crippen LogP contribution < -0.4 is 0 Å². The Morgan fingerprint density at radius 3 is 2.54 bits per heavy atom. The van der Waals surface area contributed by atoms with E-state index in [9.17, 15) is 14.4 Å². The number of hydrogen-bond donors (Lipinski definition) is 0. The van der Waals surface area contributed by atoms with Crippen molar-refractivity contribution >= 4 is 18.2 Å². The van der Waals surface area contributed by atoms with Gasteiger partial charge in [0.25, 0.3) is 0 Å². The van der Waals surface area contributed by atoms with E-state index in [4.69, 9.17) is 0 Å². The van der Waals surface area contributed by atoms with Crippen molar-refractivity contribution in [1.82, 2.24) is 19.8 Å².